The number of hydrogen-bond donors (Lipinski definition) is 0. The number of carbonyl (C=O) groups is 1. The quantitative estimate of drug-likeness (QED) is 0.689. The third kappa shape index (κ3) is 2.85. The van der Waals surface area contributed by atoms with Crippen molar-refractivity contribution in [3.05, 3.63) is 0 Å². The highest BCUT2D eigenvalue weighted by Crippen LogP contribution is 2.38. The summed E-state index contributed by atoms with van der Waals surface area (Å²) in [5, 5.41) is 0. The average Bonchev–Trinajstić information content (AvgIpc) is 2.28. The Kier molecular flexibility index (Phi) is 5.47. The minimum Gasteiger partial charge on any atom is -0.367 e. The number of rotatable bonds is 6. The molecule has 1 aliphatic carbocycles. The highest BCUT2D eigenvalue weighted by molar-refractivity contribution is 5.87. The largest absolute Gasteiger partial charge is 0.367 e. The van der Waals surface area contributed by atoms with Gasteiger partial charge in [0.2, 0.25) is 0 Å². The molecular weight excluding hydrogens is 200 g/mol. The van der Waals surface area contributed by atoms with Gasteiger partial charge in [-0.3, -0.25) is 4.79 Å². The first-order valence-electron chi connectivity index (χ1n) is 6.84. The summed E-state index contributed by atoms with van der Waals surface area (Å²) >= 11 is 0. The molecular formula is C14H26O2. The molecule has 0 bridgehead atoms. The Labute approximate surface area is 99.8 Å². The number of ether oxygens (including phenoxy) is 1. The number of Topliss-reactive ketones (excluding diaryl/α,β-unsaturated/α-hetero) is 1. The molecule has 2 unspecified atom stereocenters. The van der Waals surface area contributed by atoms with Crippen LogP contribution in [0.3, 0.4) is 0 Å². The maximum atomic E-state index is 12.3. The Morgan fingerprint density at radius 1 is 1.31 bits per heavy atom. The maximum absolute atomic E-state index is 12.3. The van der Waals surface area contributed by atoms with Gasteiger partial charge >= 0.3 is 0 Å². The van der Waals surface area contributed by atoms with E-state index in [2.05, 4.69) is 20.8 Å². The molecule has 2 nitrogen and oxygen atoms in total. The molecule has 94 valence electrons. The van der Waals surface area contributed by atoms with Crippen molar-refractivity contribution < 1.29 is 9.53 Å². The van der Waals surface area contributed by atoms with E-state index >= 15 is 0 Å². The van der Waals surface area contributed by atoms with Crippen LogP contribution < -0.4 is 0 Å². The summed E-state index contributed by atoms with van der Waals surface area (Å²) in [4.78, 5) is 12.3. The minimum absolute atomic E-state index is 0.343. The smallest absolute Gasteiger partial charge is 0.164 e. The Balaban J connectivity index is 2.76. The summed E-state index contributed by atoms with van der Waals surface area (Å²) in [6.07, 6.45) is 7.07. The van der Waals surface area contributed by atoms with E-state index in [0.717, 1.165) is 38.7 Å². The van der Waals surface area contributed by atoms with Crippen LogP contribution in [0.4, 0.5) is 0 Å². The molecule has 0 aromatic heterocycles. The lowest BCUT2D eigenvalue weighted by molar-refractivity contribution is -0.158. The van der Waals surface area contributed by atoms with Gasteiger partial charge in [0.25, 0.3) is 0 Å². The molecule has 1 fully saturated rings. The van der Waals surface area contributed by atoms with Gasteiger partial charge in [-0.2, -0.15) is 0 Å². The van der Waals surface area contributed by atoms with Crippen molar-refractivity contribution >= 4 is 5.78 Å². The van der Waals surface area contributed by atoms with Gasteiger partial charge in [-0.15, -0.1) is 0 Å². The van der Waals surface area contributed by atoms with Gasteiger partial charge in [-0.05, 0) is 31.6 Å². The predicted molar refractivity (Wildman–Crippen MR) is 66.5 cm³/mol. The van der Waals surface area contributed by atoms with Crippen LogP contribution in [0, 0.1) is 5.92 Å². The summed E-state index contributed by atoms with van der Waals surface area (Å²) in [5.74, 6) is 0.738. The standard InChI is InChI=1S/C14H26O2/c1-4-8-13(15)14(16-11-5-2)10-7-6-9-12(14)3/h12H,4-11H2,1-3H3. The fourth-order valence-electron chi connectivity index (χ4n) is 2.75. The van der Waals surface area contributed by atoms with Gasteiger partial charge in [0.15, 0.2) is 5.78 Å². The molecule has 16 heavy (non-hydrogen) atoms. The van der Waals surface area contributed by atoms with Crippen LogP contribution in [0.25, 0.3) is 0 Å². The topological polar surface area (TPSA) is 26.3 Å². The second kappa shape index (κ2) is 6.39. The summed E-state index contributed by atoms with van der Waals surface area (Å²) in [6.45, 7) is 7.08. The Bertz CT molecular complexity index is 225. The molecule has 2 atom stereocenters. The first-order chi connectivity index (χ1) is 7.67. The molecule has 0 saturated heterocycles. The lowest BCUT2D eigenvalue weighted by Gasteiger charge is -2.41. The Morgan fingerprint density at radius 2 is 2.06 bits per heavy atom. The molecule has 2 heteroatoms. The van der Waals surface area contributed by atoms with Crippen LogP contribution in [0.1, 0.15) is 65.7 Å². The summed E-state index contributed by atoms with van der Waals surface area (Å²) in [7, 11) is 0. The molecule has 0 spiro atoms. The molecule has 0 N–H and O–H groups in total. The monoisotopic (exact) mass is 226 g/mol. The second-order valence-electron chi connectivity index (χ2n) is 5.06. The van der Waals surface area contributed by atoms with E-state index < -0.39 is 5.60 Å². The maximum Gasteiger partial charge on any atom is 0.164 e. The van der Waals surface area contributed by atoms with E-state index in [1.165, 1.54) is 6.42 Å². The van der Waals surface area contributed by atoms with Gasteiger partial charge in [0.05, 0.1) is 0 Å². The van der Waals surface area contributed by atoms with Crippen molar-refractivity contribution in [3.63, 3.8) is 0 Å². The zero-order chi connectivity index (χ0) is 12.0. The molecule has 0 aromatic rings. The third-order valence-electron chi connectivity index (χ3n) is 3.74. The van der Waals surface area contributed by atoms with Gasteiger partial charge in [0, 0.05) is 13.0 Å². The van der Waals surface area contributed by atoms with Crippen LogP contribution in [0.2, 0.25) is 0 Å². The normalized spacial score (nSPS) is 30.3. The van der Waals surface area contributed by atoms with Crippen LogP contribution in [-0.2, 0) is 9.53 Å². The number of carbonyl (C=O) groups excluding carboxylic acids is 1. The third-order valence-corrected chi connectivity index (χ3v) is 3.74. The number of ketones is 1. The molecule has 0 aromatic carbocycles. The highest BCUT2D eigenvalue weighted by Gasteiger charge is 2.44. The lowest BCUT2D eigenvalue weighted by Crippen LogP contribution is -2.49. The number of hydrogen-bond acceptors (Lipinski definition) is 2. The zero-order valence-corrected chi connectivity index (χ0v) is 11.1. The van der Waals surface area contributed by atoms with Crippen LogP contribution >= 0.6 is 0 Å². The summed E-state index contributed by atoms with van der Waals surface area (Å²) < 4.78 is 6.00. The van der Waals surface area contributed by atoms with Crippen molar-refractivity contribution in [1.29, 1.82) is 0 Å². The molecule has 0 aliphatic heterocycles. The van der Waals surface area contributed by atoms with E-state index in [4.69, 9.17) is 4.74 Å². The summed E-state index contributed by atoms with van der Waals surface area (Å²) in [6, 6.07) is 0. The fourth-order valence-corrected chi connectivity index (χ4v) is 2.75. The van der Waals surface area contributed by atoms with Crippen LogP contribution in [-0.4, -0.2) is 18.0 Å². The van der Waals surface area contributed by atoms with Gasteiger partial charge < -0.3 is 4.74 Å². The highest BCUT2D eigenvalue weighted by atomic mass is 16.5. The molecule has 1 rings (SSSR count). The van der Waals surface area contributed by atoms with Gasteiger partial charge in [-0.25, -0.2) is 0 Å². The van der Waals surface area contributed by atoms with E-state index in [0.29, 0.717) is 18.1 Å². The fraction of sp³-hybridized carbons (Fsp3) is 0.929. The van der Waals surface area contributed by atoms with Crippen molar-refractivity contribution in [2.45, 2.75) is 71.3 Å². The van der Waals surface area contributed by atoms with Gasteiger partial charge in [0.1, 0.15) is 5.60 Å². The zero-order valence-electron chi connectivity index (χ0n) is 11.1. The van der Waals surface area contributed by atoms with E-state index in [9.17, 15) is 4.79 Å². The lowest BCUT2D eigenvalue weighted by atomic mass is 9.72. The van der Waals surface area contributed by atoms with E-state index in [1.54, 1.807) is 0 Å². The minimum atomic E-state index is -0.440. The van der Waals surface area contributed by atoms with Crippen LogP contribution in [0.15, 0.2) is 0 Å². The van der Waals surface area contributed by atoms with Crippen molar-refractivity contribution in [2.75, 3.05) is 6.61 Å². The molecule has 1 saturated carbocycles. The molecule has 0 amide bonds. The van der Waals surface area contributed by atoms with Crippen molar-refractivity contribution in [3.8, 4) is 0 Å². The van der Waals surface area contributed by atoms with Gasteiger partial charge in [-0.1, -0.05) is 33.6 Å². The van der Waals surface area contributed by atoms with E-state index in [-0.39, 0.29) is 0 Å². The Hall–Kier alpha value is -0.370. The summed E-state index contributed by atoms with van der Waals surface area (Å²) in [5.41, 5.74) is -0.440. The average molecular weight is 226 g/mol. The van der Waals surface area contributed by atoms with E-state index in [1.807, 2.05) is 0 Å². The van der Waals surface area contributed by atoms with Crippen molar-refractivity contribution in [2.24, 2.45) is 5.92 Å². The molecule has 1 aliphatic rings. The SMILES string of the molecule is CCCOC1(C(=O)CCC)CCCCC1C. The first kappa shape index (κ1) is 13.7. The predicted octanol–water partition coefficient (Wildman–Crippen LogP) is 3.73. The van der Waals surface area contributed by atoms with Crippen LogP contribution in [0.5, 0.6) is 0 Å². The second-order valence-corrected chi connectivity index (χ2v) is 5.06. The Morgan fingerprint density at radius 3 is 2.62 bits per heavy atom. The molecule has 0 heterocycles. The first-order valence-corrected chi connectivity index (χ1v) is 6.84. The molecule has 0 radical (unpaired) electrons. The van der Waals surface area contributed by atoms with Crippen molar-refractivity contribution in [1.82, 2.24) is 0 Å².